The second-order valence-corrected chi connectivity index (χ2v) is 7.35. The summed E-state index contributed by atoms with van der Waals surface area (Å²) in [5.41, 5.74) is 4.86. The number of hydrogen-bond acceptors (Lipinski definition) is 5. The molecule has 0 heterocycles. The molecule has 2 N–H and O–H groups in total. The average Bonchev–Trinajstić information content (AvgIpc) is 2.75. The van der Waals surface area contributed by atoms with E-state index in [0.717, 1.165) is 21.5 Å². The van der Waals surface area contributed by atoms with Gasteiger partial charge in [-0.25, -0.2) is 4.79 Å². The summed E-state index contributed by atoms with van der Waals surface area (Å²) in [6.45, 7) is 0. The van der Waals surface area contributed by atoms with Crippen LogP contribution in [0, 0.1) is 0 Å². The number of nitrogens with zero attached hydrogens (tertiary/aromatic N) is 1. The fourth-order valence-corrected chi connectivity index (χ4v) is 2.97. The molecular weight excluding hydrogens is 466 g/mol. The molecule has 152 valence electrons. The Kier molecular flexibility index (Phi) is 7.53. The minimum absolute atomic E-state index is 0.357. The van der Waals surface area contributed by atoms with Crippen LogP contribution in [0.4, 0.5) is 5.69 Å². The first-order chi connectivity index (χ1) is 14.5. The van der Waals surface area contributed by atoms with Crippen LogP contribution in [0.5, 0.6) is 11.5 Å². The number of carbonyl (C=O) groups excluding carboxylic acids is 1. The standard InChI is InChI=1S/C22H18BrN3O3S/c1-28-19-11-7-18(8-12-19)25-22(30)26-24-14-15-5-9-20(10-6-15)29-21(27)16-3-2-4-17(23)13-16/h2-14H,1H3,(H2,25,26,30)/b24-14-. The minimum atomic E-state index is -0.422. The Labute approximate surface area is 188 Å². The predicted octanol–water partition coefficient (Wildman–Crippen LogP) is 5.00. The Balaban J connectivity index is 1.50. The molecule has 30 heavy (non-hydrogen) atoms. The van der Waals surface area contributed by atoms with E-state index in [2.05, 4.69) is 31.8 Å². The van der Waals surface area contributed by atoms with Gasteiger partial charge in [0.1, 0.15) is 11.5 Å². The van der Waals surface area contributed by atoms with Gasteiger partial charge in [0.25, 0.3) is 0 Å². The van der Waals surface area contributed by atoms with Gasteiger partial charge in [0.15, 0.2) is 5.11 Å². The van der Waals surface area contributed by atoms with Gasteiger partial charge in [0, 0.05) is 10.2 Å². The van der Waals surface area contributed by atoms with Gasteiger partial charge in [-0.3, -0.25) is 5.43 Å². The lowest BCUT2D eigenvalue weighted by Gasteiger charge is -2.07. The summed E-state index contributed by atoms with van der Waals surface area (Å²) in [5, 5.41) is 7.48. The monoisotopic (exact) mass is 483 g/mol. The largest absolute Gasteiger partial charge is 0.497 e. The van der Waals surface area contributed by atoms with E-state index in [-0.39, 0.29) is 0 Å². The first kappa shape index (κ1) is 21.5. The van der Waals surface area contributed by atoms with Crippen molar-refractivity contribution in [3.63, 3.8) is 0 Å². The molecule has 0 aromatic heterocycles. The predicted molar refractivity (Wildman–Crippen MR) is 125 cm³/mol. The van der Waals surface area contributed by atoms with Gasteiger partial charge in [0.05, 0.1) is 18.9 Å². The molecule has 0 atom stereocenters. The number of halogens is 1. The number of carbonyl (C=O) groups is 1. The lowest BCUT2D eigenvalue weighted by atomic mass is 10.2. The van der Waals surface area contributed by atoms with Crippen LogP contribution >= 0.6 is 28.1 Å². The SMILES string of the molecule is COc1ccc(NC(=S)N/N=C\c2ccc(OC(=O)c3cccc(Br)c3)cc2)cc1. The fourth-order valence-electron chi connectivity index (χ4n) is 2.40. The number of benzene rings is 3. The van der Waals surface area contributed by atoms with Crippen LogP contribution < -0.4 is 20.2 Å². The summed E-state index contributed by atoms with van der Waals surface area (Å²) in [6.07, 6.45) is 1.61. The zero-order valence-electron chi connectivity index (χ0n) is 16.0. The topological polar surface area (TPSA) is 71.9 Å². The first-order valence-corrected chi connectivity index (χ1v) is 10.1. The van der Waals surface area contributed by atoms with E-state index >= 15 is 0 Å². The van der Waals surface area contributed by atoms with Crippen molar-refractivity contribution in [1.29, 1.82) is 0 Å². The second kappa shape index (κ2) is 10.5. The Hall–Kier alpha value is -3.23. The third kappa shape index (κ3) is 6.40. The molecular formula is C22H18BrN3O3S. The highest BCUT2D eigenvalue weighted by molar-refractivity contribution is 9.10. The van der Waals surface area contributed by atoms with Crippen molar-refractivity contribution in [1.82, 2.24) is 5.43 Å². The van der Waals surface area contributed by atoms with Crippen LogP contribution in [0.2, 0.25) is 0 Å². The maximum atomic E-state index is 12.2. The number of hydrazone groups is 1. The summed E-state index contributed by atoms with van der Waals surface area (Å²) in [4.78, 5) is 12.2. The summed E-state index contributed by atoms with van der Waals surface area (Å²) in [5.74, 6) is 0.791. The molecule has 0 aliphatic heterocycles. The Morgan fingerprint density at radius 1 is 1.03 bits per heavy atom. The number of anilines is 1. The van der Waals surface area contributed by atoms with E-state index < -0.39 is 5.97 Å². The highest BCUT2D eigenvalue weighted by atomic mass is 79.9. The molecule has 0 radical (unpaired) electrons. The smallest absolute Gasteiger partial charge is 0.343 e. The van der Waals surface area contributed by atoms with Crippen molar-refractivity contribution in [3.8, 4) is 11.5 Å². The lowest BCUT2D eigenvalue weighted by molar-refractivity contribution is 0.0734. The molecule has 0 aliphatic rings. The average molecular weight is 484 g/mol. The van der Waals surface area contributed by atoms with Crippen molar-refractivity contribution in [3.05, 3.63) is 88.4 Å². The second-order valence-electron chi connectivity index (χ2n) is 6.02. The van der Waals surface area contributed by atoms with E-state index in [1.165, 1.54) is 0 Å². The summed E-state index contributed by atoms with van der Waals surface area (Å²) < 4.78 is 11.3. The van der Waals surface area contributed by atoms with Crippen LogP contribution in [-0.2, 0) is 0 Å². The maximum absolute atomic E-state index is 12.2. The first-order valence-electron chi connectivity index (χ1n) is 8.85. The van der Waals surface area contributed by atoms with Crippen molar-refractivity contribution in [2.24, 2.45) is 5.10 Å². The lowest BCUT2D eigenvalue weighted by Crippen LogP contribution is -2.23. The Morgan fingerprint density at radius 3 is 2.40 bits per heavy atom. The normalized spacial score (nSPS) is 10.5. The molecule has 3 aromatic rings. The number of nitrogens with one attached hydrogen (secondary N) is 2. The van der Waals surface area contributed by atoms with E-state index in [1.807, 2.05) is 30.3 Å². The molecule has 0 saturated carbocycles. The summed E-state index contributed by atoms with van der Waals surface area (Å²) in [6, 6.07) is 21.4. The third-order valence-corrected chi connectivity index (χ3v) is 4.57. The van der Waals surface area contributed by atoms with E-state index in [9.17, 15) is 4.79 Å². The van der Waals surface area contributed by atoms with E-state index in [0.29, 0.717) is 16.4 Å². The molecule has 3 aromatic carbocycles. The molecule has 0 amide bonds. The Bertz CT molecular complexity index is 1050. The maximum Gasteiger partial charge on any atom is 0.343 e. The quantitative estimate of drug-likeness (QED) is 0.169. The van der Waals surface area contributed by atoms with Crippen molar-refractivity contribution >= 4 is 51.1 Å². The molecule has 0 unspecified atom stereocenters. The van der Waals surface area contributed by atoms with Crippen molar-refractivity contribution in [2.75, 3.05) is 12.4 Å². The van der Waals surface area contributed by atoms with Gasteiger partial charge in [-0.15, -0.1) is 0 Å². The number of esters is 1. The van der Waals surface area contributed by atoms with Gasteiger partial charge in [-0.1, -0.05) is 22.0 Å². The van der Waals surface area contributed by atoms with Gasteiger partial charge in [-0.05, 0) is 84.5 Å². The molecule has 3 rings (SSSR count). The van der Waals surface area contributed by atoms with Crippen LogP contribution in [0.3, 0.4) is 0 Å². The van der Waals surface area contributed by atoms with E-state index in [4.69, 9.17) is 21.7 Å². The molecule has 6 nitrogen and oxygen atoms in total. The number of rotatable bonds is 6. The molecule has 0 fully saturated rings. The van der Waals surface area contributed by atoms with Gasteiger partial charge >= 0.3 is 5.97 Å². The fraction of sp³-hybridized carbons (Fsp3) is 0.0455. The Morgan fingerprint density at radius 2 is 1.73 bits per heavy atom. The number of ether oxygens (including phenoxy) is 2. The number of methoxy groups -OCH3 is 1. The molecule has 8 heteroatoms. The molecule has 0 aliphatic carbocycles. The van der Waals surface area contributed by atoms with Crippen LogP contribution in [-0.4, -0.2) is 24.4 Å². The van der Waals surface area contributed by atoms with Crippen molar-refractivity contribution in [2.45, 2.75) is 0 Å². The highest BCUT2D eigenvalue weighted by Crippen LogP contribution is 2.17. The highest BCUT2D eigenvalue weighted by Gasteiger charge is 2.08. The number of thiocarbonyl (C=S) groups is 1. The van der Waals surface area contributed by atoms with Crippen LogP contribution in [0.15, 0.2) is 82.4 Å². The number of hydrogen-bond donors (Lipinski definition) is 2. The van der Waals surface area contributed by atoms with Crippen LogP contribution in [0.1, 0.15) is 15.9 Å². The third-order valence-electron chi connectivity index (χ3n) is 3.88. The van der Waals surface area contributed by atoms with Gasteiger partial charge < -0.3 is 14.8 Å². The van der Waals surface area contributed by atoms with E-state index in [1.54, 1.807) is 55.8 Å². The zero-order chi connectivity index (χ0) is 21.3. The zero-order valence-corrected chi connectivity index (χ0v) is 18.4. The summed E-state index contributed by atoms with van der Waals surface area (Å²) >= 11 is 8.55. The van der Waals surface area contributed by atoms with Crippen molar-refractivity contribution < 1.29 is 14.3 Å². The molecule has 0 saturated heterocycles. The molecule has 0 spiro atoms. The van der Waals surface area contributed by atoms with Gasteiger partial charge in [0.2, 0.25) is 0 Å². The van der Waals surface area contributed by atoms with Gasteiger partial charge in [-0.2, -0.15) is 5.10 Å². The summed E-state index contributed by atoms with van der Waals surface area (Å²) in [7, 11) is 1.61. The van der Waals surface area contributed by atoms with Crippen LogP contribution in [0.25, 0.3) is 0 Å². The minimum Gasteiger partial charge on any atom is -0.497 e. The molecule has 0 bridgehead atoms.